The lowest BCUT2D eigenvalue weighted by molar-refractivity contribution is 0.475. The number of nitrogens with two attached hydrogens (primary N) is 1. The maximum atomic E-state index is 12.7. The molecule has 0 amide bonds. The van der Waals surface area contributed by atoms with Crippen molar-refractivity contribution in [3.63, 3.8) is 0 Å². The maximum absolute atomic E-state index is 12.7. The minimum Gasteiger partial charge on any atom is -0.508 e. The van der Waals surface area contributed by atoms with E-state index in [2.05, 4.69) is 0 Å². The van der Waals surface area contributed by atoms with Gasteiger partial charge in [-0.3, -0.25) is 4.31 Å². The van der Waals surface area contributed by atoms with Gasteiger partial charge in [0.1, 0.15) is 10.6 Å². The first kappa shape index (κ1) is 15.2. The second kappa shape index (κ2) is 5.29. The molecule has 0 aliphatic carbocycles. The Labute approximate surface area is 124 Å². The molecule has 0 aromatic heterocycles. The fourth-order valence-corrected chi connectivity index (χ4v) is 3.36. The van der Waals surface area contributed by atoms with E-state index < -0.39 is 10.0 Å². The van der Waals surface area contributed by atoms with E-state index in [1.807, 2.05) is 13.8 Å². The number of phenols is 1. The van der Waals surface area contributed by atoms with Crippen molar-refractivity contribution in [1.29, 1.82) is 0 Å². The van der Waals surface area contributed by atoms with Gasteiger partial charge in [-0.05, 0) is 61.4 Å². The molecule has 0 saturated heterocycles. The highest BCUT2D eigenvalue weighted by molar-refractivity contribution is 7.93. The third kappa shape index (κ3) is 2.80. The maximum Gasteiger partial charge on any atom is 0.266 e. The van der Waals surface area contributed by atoms with Gasteiger partial charge in [-0.1, -0.05) is 0 Å². The Hall–Kier alpha value is -2.21. The molecule has 0 aliphatic heterocycles. The van der Waals surface area contributed by atoms with Crippen LogP contribution >= 0.6 is 0 Å². The van der Waals surface area contributed by atoms with Crippen LogP contribution in [-0.2, 0) is 10.0 Å². The van der Waals surface area contributed by atoms with Gasteiger partial charge in [-0.15, -0.1) is 0 Å². The molecule has 0 fully saturated rings. The lowest BCUT2D eigenvalue weighted by atomic mass is 10.1. The van der Waals surface area contributed by atoms with E-state index in [-0.39, 0.29) is 16.3 Å². The molecule has 0 bridgehead atoms. The molecule has 2 aromatic rings. The molecule has 5 nitrogen and oxygen atoms in total. The third-order valence-corrected chi connectivity index (χ3v) is 5.32. The lowest BCUT2D eigenvalue weighted by Crippen LogP contribution is -2.27. The van der Waals surface area contributed by atoms with Crippen molar-refractivity contribution in [1.82, 2.24) is 0 Å². The van der Waals surface area contributed by atoms with E-state index >= 15 is 0 Å². The number of nitrogens with zero attached hydrogens (tertiary/aromatic N) is 1. The zero-order valence-corrected chi connectivity index (χ0v) is 13.0. The molecule has 112 valence electrons. The minimum atomic E-state index is -3.75. The van der Waals surface area contributed by atoms with Gasteiger partial charge < -0.3 is 10.8 Å². The summed E-state index contributed by atoms with van der Waals surface area (Å²) in [6.45, 7) is 3.72. The highest BCUT2D eigenvalue weighted by Crippen LogP contribution is 2.28. The number of anilines is 2. The number of aromatic hydroxyl groups is 1. The highest BCUT2D eigenvalue weighted by Gasteiger charge is 2.24. The molecule has 2 aromatic carbocycles. The van der Waals surface area contributed by atoms with Gasteiger partial charge in [0.2, 0.25) is 0 Å². The predicted octanol–water partition coefficient (Wildman–Crippen LogP) is 2.42. The predicted molar refractivity (Wildman–Crippen MR) is 84.0 cm³/mol. The van der Waals surface area contributed by atoms with E-state index in [4.69, 9.17) is 5.73 Å². The van der Waals surface area contributed by atoms with Crippen LogP contribution in [0.5, 0.6) is 5.75 Å². The van der Waals surface area contributed by atoms with Crippen molar-refractivity contribution >= 4 is 21.4 Å². The van der Waals surface area contributed by atoms with Crippen LogP contribution in [0.2, 0.25) is 0 Å². The number of hydrogen-bond donors (Lipinski definition) is 2. The summed E-state index contributed by atoms with van der Waals surface area (Å²) >= 11 is 0. The summed E-state index contributed by atoms with van der Waals surface area (Å²) in [5.41, 5.74) is 8.35. The van der Waals surface area contributed by atoms with Crippen LogP contribution < -0.4 is 10.0 Å². The van der Waals surface area contributed by atoms with Gasteiger partial charge in [0, 0.05) is 7.05 Å². The lowest BCUT2D eigenvalue weighted by Gasteiger charge is -2.21. The van der Waals surface area contributed by atoms with Gasteiger partial charge in [0.15, 0.2) is 0 Å². The Bertz CT molecular complexity index is 768. The second-order valence-electron chi connectivity index (χ2n) is 4.96. The first-order valence-corrected chi connectivity index (χ1v) is 7.82. The molecule has 0 heterocycles. The molecule has 21 heavy (non-hydrogen) atoms. The smallest absolute Gasteiger partial charge is 0.266 e. The summed E-state index contributed by atoms with van der Waals surface area (Å²) in [4.78, 5) is 0.0844. The number of nitrogen functional groups attached to an aromatic ring is 1. The fourth-order valence-electron chi connectivity index (χ4n) is 1.98. The molecule has 0 unspecified atom stereocenters. The van der Waals surface area contributed by atoms with Crippen molar-refractivity contribution in [2.24, 2.45) is 0 Å². The Morgan fingerprint density at radius 1 is 1.05 bits per heavy atom. The molecule has 0 saturated carbocycles. The standard InChI is InChI=1S/C15H18N2O3S/c1-10-8-14(16)15(9-11(10)2)21(19,20)17(3)12-4-6-13(18)7-5-12/h4-9,18H,16H2,1-3H3. The van der Waals surface area contributed by atoms with Crippen molar-refractivity contribution in [3.05, 3.63) is 47.5 Å². The van der Waals surface area contributed by atoms with Gasteiger partial charge in [-0.25, -0.2) is 8.42 Å². The van der Waals surface area contributed by atoms with Crippen LogP contribution in [0.3, 0.4) is 0 Å². The van der Waals surface area contributed by atoms with Crippen molar-refractivity contribution in [2.45, 2.75) is 18.7 Å². The number of benzene rings is 2. The molecule has 0 atom stereocenters. The van der Waals surface area contributed by atoms with Gasteiger partial charge in [-0.2, -0.15) is 0 Å². The topological polar surface area (TPSA) is 83.6 Å². The molecular formula is C15H18N2O3S. The number of rotatable bonds is 3. The monoisotopic (exact) mass is 306 g/mol. The van der Waals surface area contributed by atoms with Crippen molar-refractivity contribution in [2.75, 3.05) is 17.1 Å². The van der Waals surface area contributed by atoms with Crippen LogP contribution in [-0.4, -0.2) is 20.6 Å². The largest absolute Gasteiger partial charge is 0.508 e. The number of aryl methyl sites for hydroxylation is 2. The summed E-state index contributed by atoms with van der Waals surface area (Å²) in [5.74, 6) is 0.0789. The van der Waals surface area contributed by atoms with Gasteiger partial charge in [0.05, 0.1) is 11.4 Å². The number of hydrogen-bond acceptors (Lipinski definition) is 4. The Morgan fingerprint density at radius 3 is 2.14 bits per heavy atom. The molecule has 0 radical (unpaired) electrons. The molecule has 3 N–H and O–H groups in total. The zero-order chi connectivity index (χ0) is 15.8. The van der Waals surface area contributed by atoms with Crippen LogP contribution in [0, 0.1) is 13.8 Å². The first-order valence-electron chi connectivity index (χ1n) is 6.38. The average molecular weight is 306 g/mol. The summed E-state index contributed by atoms with van der Waals surface area (Å²) in [6, 6.07) is 9.17. The molecule has 6 heteroatoms. The molecule has 2 rings (SSSR count). The molecule has 0 aliphatic rings. The van der Waals surface area contributed by atoms with Crippen molar-refractivity contribution in [3.8, 4) is 5.75 Å². The normalized spacial score (nSPS) is 11.4. The Morgan fingerprint density at radius 2 is 1.57 bits per heavy atom. The highest BCUT2D eigenvalue weighted by atomic mass is 32.2. The molecular weight excluding hydrogens is 288 g/mol. The Balaban J connectivity index is 2.51. The summed E-state index contributed by atoms with van der Waals surface area (Å²) in [5, 5.41) is 9.28. The van der Waals surface area contributed by atoms with Crippen LogP contribution in [0.1, 0.15) is 11.1 Å². The van der Waals surface area contributed by atoms with Gasteiger partial charge >= 0.3 is 0 Å². The van der Waals surface area contributed by atoms with Gasteiger partial charge in [0.25, 0.3) is 10.0 Å². The quantitative estimate of drug-likeness (QED) is 0.853. The van der Waals surface area contributed by atoms with Crippen molar-refractivity contribution < 1.29 is 13.5 Å². The van der Waals surface area contributed by atoms with E-state index in [9.17, 15) is 13.5 Å². The zero-order valence-electron chi connectivity index (χ0n) is 12.2. The van der Waals surface area contributed by atoms with E-state index in [0.29, 0.717) is 5.69 Å². The summed E-state index contributed by atoms with van der Waals surface area (Å²) in [6.07, 6.45) is 0. The van der Waals surface area contributed by atoms with E-state index in [0.717, 1.165) is 15.4 Å². The number of sulfonamides is 1. The third-order valence-electron chi connectivity index (χ3n) is 3.48. The SMILES string of the molecule is Cc1cc(N)c(S(=O)(=O)N(C)c2ccc(O)cc2)cc1C. The van der Waals surface area contributed by atoms with Crippen LogP contribution in [0.25, 0.3) is 0 Å². The Kier molecular flexibility index (Phi) is 3.82. The summed E-state index contributed by atoms with van der Waals surface area (Å²) < 4.78 is 26.5. The minimum absolute atomic E-state index is 0.0789. The van der Waals surface area contributed by atoms with E-state index in [1.165, 1.54) is 31.3 Å². The number of phenolic OH excluding ortho intramolecular Hbond substituents is 1. The average Bonchev–Trinajstić information content (AvgIpc) is 2.42. The first-order chi connectivity index (χ1) is 9.73. The van der Waals surface area contributed by atoms with Crippen LogP contribution in [0.4, 0.5) is 11.4 Å². The second-order valence-corrected chi connectivity index (χ2v) is 6.90. The molecule has 0 spiro atoms. The summed E-state index contributed by atoms with van der Waals surface area (Å²) in [7, 11) is -2.29. The van der Waals surface area contributed by atoms with E-state index in [1.54, 1.807) is 12.1 Å². The fraction of sp³-hybridized carbons (Fsp3) is 0.200. The van der Waals surface area contributed by atoms with Crippen LogP contribution in [0.15, 0.2) is 41.3 Å².